The Morgan fingerprint density at radius 2 is 1.44 bits per heavy atom. The van der Waals surface area contributed by atoms with Gasteiger partial charge in [-0.1, -0.05) is 65.7 Å². The maximum atomic E-state index is 13.4. The van der Waals surface area contributed by atoms with Crippen molar-refractivity contribution in [3.8, 4) is 0 Å². The maximum Gasteiger partial charge on any atom is 0.264 e. The fourth-order valence-corrected chi connectivity index (χ4v) is 4.84. The van der Waals surface area contributed by atoms with E-state index in [2.05, 4.69) is 17.4 Å². The molecule has 1 atom stereocenters. The first-order valence-corrected chi connectivity index (χ1v) is 12.2. The lowest BCUT2D eigenvalue weighted by Gasteiger charge is -2.25. The molecule has 1 amide bonds. The Balaban J connectivity index is 1.75. The Bertz CT molecular complexity index is 1130. The van der Waals surface area contributed by atoms with E-state index < -0.39 is 10.0 Å². The molecule has 0 fully saturated rings. The molecule has 0 unspecified atom stereocenters. The molecule has 0 aliphatic heterocycles. The van der Waals surface area contributed by atoms with Crippen LogP contribution in [0.3, 0.4) is 0 Å². The normalized spacial score (nSPS) is 12.2. The van der Waals surface area contributed by atoms with E-state index in [4.69, 9.17) is 0 Å². The predicted octanol–water partition coefficient (Wildman–Crippen LogP) is 4.64. The van der Waals surface area contributed by atoms with Crippen LogP contribution in [0, 0.1) is 13.8 Å². The largest absolute Gasteiger partial charge is 0.352 e. The van der Waals surface area contributed by atoms with E-state index in [1.54, 1.807) is 36.4 Å². The van der Waals surface area contributed by atoms with Gasteiger partial charge in [-0.2, -0.15) is 0 Å². The number of benzene rings is 3. The molecule has 0 radical (unpaired) electrons. The Labute approximate surface area is 191 Å². The first-order chi connectivity index (χ1) is 15.3. The molecule has 3 aromatic carbocycles. The summed E-state index contributed by atoms with van der Waals surface area (Å²) in [4.78, 5) is 13.0. The maximum absolute atomic E-state index is 13.4. The van der Waals surface area contributed by atoms with Gasteiger partial charge in [0.1, 0.15) is 6.54 Å². The highest BCUT2D eigenvalue weighted by molar-refractivity contribution is 7.92. The standard InChI is InChI=1S/C26H30N2O3S/c1-20-9-15-24(16-10-20)28(32(30,31)25-17-11-21(2)12-18-25)19-26(29)27-22(3)13-14-23-7-5-4-6-8-23/h4-12,15-18,22H,13-14,19H2,1-3H3,(H,27,29)/t22-/m0/s1. The smallest absolute Gasteiger partial charge is 0.264 e. The molecule has 5 nitrogen and oxygen atoms in total. The van der Waals surface area contributed by atoms with E-state index in [1.807, 2.05) is 51.1 Å². The van der Waals surface area contributed by atoms with Crippen LogP contribution in [0.2, 0.25) is 0 Å². The first kappa shape index (κ1) is 23.5. The van der Waals surface area contributed by atoms with Gasteiger partial charge in [0.15, 0.2) is 0 Å². The number of amides is 1. The van der Waals surface area contributed by atoms with Crippen molar-refractivity contribution in [1.82, 2.24) is 5.32 Å². The minimum atomic E-state index is -3.90. The van der Waals surface area contributed by atoms with Gasteiger partial charge in [-0.15, -0.1) is 0 Å². The van der Waals surface area contributed by atoms with E-state index in [-0.39, 0.29) is 23.4 Å². The number of sulfonamides is 1. The summed E-state index contributed by atoms with van der Waals surface area (Å²) in [5.74, 6) is -0.332. The predicted molar refractivity (Wildman–Crippen MR) is 129 cm³/mol. The lowest BCUT2D eigenvalue weighted by molar-refractivity contribution is -0.120. The van der Waals surface area contributed by atoms with Gasteiger partial charge in [0, 0.05) is 6.04 Å². The zero-order valence-corrected chi connectivity index (χ0v) is 19.6. The zero-order chi connectivity index (χ0) is 23.1. The second kappa shape index (κ2) is 10.5. The van der Waals surface area contributed by atoms with Gasteiger partial charge in [-0.25, -0.2) is 8.42 Å². The van der Waals surface area contributed by atoms with E-state index in [1.165, 1.54) is 9.87 Å². The summed E-state index contributed by atoms with van der Waals surface area (Å²) in [6, 6.07) is 23.8. The van der Waals surface area contributed by atoms with Crippen molar-refractivity contribution in [2.75, 3.05) is 10.8 Å². The molecule has 0 saturated carbocycles. The molecule has 32 heavy (non-hydrogen) atoms. The van der Waals surface area contributed by atoms with Crippen LogP contribution in [-0.4, -0.2) is 26.9 Å². The molecule has 0 aliphatic carbocycles. The molecular weight excluding hydrogens is 420 g/mol. The Kier molecular flexibility index (Phi) is 7.70. The number of hydrogen-bond acceptors (Lipinski definition) is 3. The number of carbonyl (C=O) groups excluding carboxylic acids is 1. The van der Waals surface area contributed by atoms with E-state index in [9.17, 15) is 13.2 Å². The number of hydrogen-bond donors (Lipinski definition) is 1. The molecule has 0 bridgehead atoms. The van der Waals surface area contributed by atoms with Crippen LogP contribution in [0.4, 0.5) is 5.69 Å². The zero-order valence-electron chi connectivity index (χ0n) is 18.8. The van der Waals surface area contributed by atoms with Crippen molar-refractivity contribution in [2.24, 2.45) is 0 Å². The topological polar surface area (TPSA) is 66.5 Å². The molecule has 3 rings (SSSR count). The summed E-state index contributed by atoms with van der Waals surface area (Å²) >= 11 is 0. The molecule has 0 aliphatic rings. The van der Waals surface area contributed by atoms with Gasteiger partial charge in [0.05, 0.1) is 10.6 Å². The third-order valence-corrected chi connectivity index (χ3v) is 7.12. The lowest BCUT2D eigenvalue weighted by atomic mass is 10.1. The Morgan fingerprint density at radius 1 is 0.875 bits per heavy atom. The number of rotatable bonds is 9. The molecule has 1 N–H and O–H groups in total. The third-order valence-electron chi connectivity index (χ3n) is 5.33. The number of carbonyl (C=O) groups is 1. The van der Waals surface area contributed by atoms with Crippen LogP contribution >= 0.6 is 0 Å². The van der Waals surface area contributed by atoms with Gasteiger partial charge in [-0.05, 0) is 63.4 Å². The van der Waals surface area contributed by atoms with Gasteiger partial charge < -0.3 is 5.32 Å². The molecule has 0 heterocycles. The number of nitrogens with zero attached hydrogens (tertiary/aromatic N) is 1. The summed E-state index contributed by atoms with van der Waals surface area (Å²) in [5.41, 5.74) is 3.65. The monoisotopic (exact) mass is 450 g/mol. The molecule has 3 aromatic rings. The molecule has 0 aromatic heterocycles. The summed E-state index contributed by atoms with van der Waals surface area (Å²) in [6.07, 6.45) is 1.61. The molecular formula is C26H30N2O3S. The van der Waals surface area contributed by atoms with E-state index >= 15 is 0 Å². The second-order valence-electron chi connectivity index (χ2n) is 8.15. The fraction of sp³-hybridized carbons (Fsp3) is 0.269. The first-order valence-electron chi connectivity index (χ1n) is 10.7. The summed E-state index contributed by atoms with van der Waals surface area (Å²) in [6.45, 7) is 5.49. The van der Waals surface area contributed by atoms with Crippen molar-refractivity contribution in [1.29, 1.82) is 0 Å². The number of aryl methyl sites for hydroxylation is 3. The number of nitrogens with one attached hydrogen (secondary N) is 1. The van der Waals surface area contributed by atoms with Crippen molar-refractivity contribution < 1.29 is 13.2 Å². The summed E-state index contributed by atoms with van der Waals surface area (Å²) < 4.78 is 28.0. The van der Waals surface area contributed by atoms with E-state index in [0.717, 1.165) is 24.0 Å². The van der Waals surface area contributed by atoms with Gasteiger partial charge in [-0.3, -0.25) is 9.10 Å². The van der Waals surface area contributed by atoms with Crippen LogP contribution in [0.5, 0.6) is 0 Å². The van der Waals surface area contributed by atoms with Crippen LogP contribution < -0.4 is 9.62 Å². The van der Waals surface area contributed by atoms with Gasteiger partial charge >= 0.3 is 0 Å². The molecule has 0 saturated heterocycles. The third kappa shape index (κ3) is 6.20. The summed E-state index contributed by atoms with van der Waals surface area (Å²) in [5, 5.41) is 2.95. The average molecular weight is 451 g/mol. The van der Waals surface area contributed by atoms with E-state index in [0.29, 0.717) is 5.69 Å². The molecule has 0 spiro atoms. The number of anilines is 1. The van der Waals surface area contributed by atoms with Crippen molar-refractivity contribution >= 4 is 21.6 Å². The highest BCUT2D eigenvalue weighted by atomic mass is 32.2. The van der Waals surface area contributed by atoms with Crippen LogP contribution in [0.25, 0.3) is 0 Å². The van der Waals surface area contributed by atoms with Gasteiger partial charge in [0.2, 0.25) is 5.91 Å². The van der Waals surface area contributed by atoms with Gasteiger partial charge in [0.25, 0.3) is 10.0 Å². The van der Waals surface area contributed by atoms with Crippen LogP contribution in [0.1, 0.15) is 30.0 Å². The van der Waals surface area contributed by atoms with Crippen LogP contribution in [0.15, 0.2) is 83.8 Å². The quantitative estimate of drug-likeness (QED) is 0.517. The lowest BCUT2D eigenvalue weighted by Crippen LogP contribution is -2.43. The highest BCUT2D eigenvalue weighted by Gasteiger charge is 2.27. The van der Waals surface area contributed by atoms with Crippen LogP contribution in [-0.2, 0) is 21.2 Å². The molecule has 6 heteroatoms. The van der Waals surface area contributed by atoms with Crippen molar-refractivity contribution in [2.45, 2.75) is 44.6 Å². The Hall–Kier alpha value is -3.12. The molecule has 168 valence electrons. The SMILES string of the molecule is Cc1ccc(N(CC(=O)N[C@@H](C)CCc2ccccc2)S(=O)(=O)c2ccc(C)cc2)cc1. The minimum absolute atomic E-state index is 0.0790. The highest BCUT2D eigenvalue weighted by Crippen LogP contribution is 2.24. The minimum Gasteiger partial charge on any atom is -0.352 e. The Morgan fingerprint density at radius 3 is 2.03 bits per heavy atom. The second-order valence-corrected chi connectivity index (χ2v) is 10.0. The average Bonchev–Trinajstić information content (AvgIpc) is 2.78. The van der Waals surface area contributed by atoms with Crippen molar-refractivity contribution in [3.05, 3.63) is 95.6 Å². The van der Waals surface area contributed by atoms with Crippen molar-refractivity contribution in [3.63, 3.8) is 0 Å². The fourth-order valence-electron chi connectivity index (χ4n) is 3.41. The summed E-state index contributed by atoms with van der Waals surface area (Å²) in [7, 11) is -3.90.